The van der Waals surface area contributed by atoms with E-state index in [9.17, 15) is 4.79 Å². The maximum atomic E-state index is 12.7. The fourth-order valence-electron chi connectivity index (χ4n) is 3.14. The number of aryl methyl sites for hydroxylation is 2. The Balaban J connectivity index is 1.97. The second kappa shape index (κ2) is 4.63. The van der Waals surface area contributed by atoms with Crippen molar-refractivity contribution in [2.24, 2.45) is 4.99 Å². The second-order valence-corrected chi connectivity index (χ2v) is 5.79. The van der Waals surface area contributed by atoms with Crippen LogP contribution in [0.3, 0.4) is 0 Å². The number of rotatable bonds is 1. The molecule has 3 aromatic carbocycles. The van der Waals surface area contributed by atoms with Crippen LogP contribution >= 0.6 is 0 Å². The minimum Gasteiger partial charge on any atom is -0.287 e. The van der Waals surface area contributed by atoms with Gasteiger partial charge in [-0.3, -0.25) is 4.79 Å². The fraction of sp³-hybridized carbons (Fsp3) is 0.100. The molecule has 3 aromatic rings. The van der Waals surface area contributed by atoms with Crippen molar-refractivity contribution in [3.63, 3.8) is 0 Å². The molecule has 0 radical (unpaired) electrons. The molecular formula is C20H15NO. The van der Waals surface area contributed by atoms with Gasteiger partial charge < -0.3 is 0 Å². The van der Waals surface area contributed by atoms with Gasteiger partial charge in [-0.2, -0.15) is 0 Å². The number of nitrogens with zero attached hydrogens (tertiary/aromatic N) is 1. The molecule has 0 N–H and O–H groups in total. The summed E-state index contributed by atoms with van der Waals surface area (Å²) >= 11 is 0. The number of carbonyl (C=O) groups excluding carboxylic acids is 1. The molecule has 2 nitrogen and oxygen atoms in total. The Hall–Kier alpha value is -2.74. The van der Waals surface area contributed by atoms with Gasteiger partial charge in [-0.1, -0.05) is 54.1 Å². The zero-order valence-electron chi connectivity index (χ0n) is 12.6. The number of hydrogen-bond donors (Lipinski definition) is 0. The number of benzene rings is 3. The third kappa shape index (κ3) is 1.81. The summed E-state index contributed by atoms with van der Waals surface area (Å²) < 4.78 is 0. The molecule has 0 atom stereocenters. The lowest BCUT2D eigenvalue weighted by molar-refractivity contribution is 0.107. The third-order valence-electron chi connectivity index (χ3n) is 4.20. The molecule has 0 bridgehead atoms. The highest BCUT2D eigenvalue weighted by Crippen LogP contribution is 2.32. The van der Waals surface area contributed by atoms with Crippen LogP contribution < -0.4 is 0 Å². The summed E-state index contributed by atoms with van der Waals surface area (Å²) in [6.07, 6.45) is 0. The Morgan fingerprint density at radius 3 is 2.32 bits per heavy atom. The quantitative estimate of drug-likeness (QED) is 0.633. The highest BCUT2D eigenvalue weighted by Gasteiger charge is 2.28. The minimum atomic E-state index is 0.0202. The van der Waals surface area contributed by atoms with Gasteiger partial charge in [0.15, 0.2) is 0 Å². The summed E-state index contributed by atoms with van der Waals surface area (Å²) in [5.41, 5.74) is 5.40. The average Bonchev–Trinajstić information content (AvgIpc) is 2.78. The molecule has 2 heteroatoms. The normalized spacial score (nSPS) is 15.0. The lowest BCUT2D eigenvalue weighted by Crippen LogP contribution is -2.08. The van der Waals surface area contributed by atoms with Crippen molar-refractivity contribution in [3.05, 3.63) is 76.9 Å². The monoisotopic (exact) mass is 285 g/mol. The van der Waals surface area contributed by atoms with Crippen LogP contribution in [0.4, 0.5) is 5.69 Å². The molecule has 22 heavy (non-hydrogen) atoms. The lowest BCUT2D eigenvalue weighted by atomic mass is 10.1. The first kappa shape index (κ1) is 13.0. The lowest BCUT2D eigenvalue weighted by Gasteiger charge is -2.04. The molecule has 1 aliphatic carbocycles. The van der Waals surface area contributed by atoms with Crippen molar-refractivity contribution in [3.8, 4) is 0 Å². The van der Waals surface area contributed by atoms with Gasteiger partial charge in [-0.15, -0.1) is 0 Å². The Kier molecular flexibility index (Phi) is 2.73. The number of ketones is 1. The first-order valence-corrected chi connectivity index (χ1v) is 7.38. The molecular weight excluding hydrogens is 270 g/mol. The van der Waals surface area contributed by atoms with Crippen LogP contribution in [-0.2, 0) is 0 Å². The molecule has 0 saturated heterocycles. The zero-order valence-corrected chi connectivity index (χ0v) is 12.6. The fourth-order valence-corrected chi connectivity index (χ4v) is 3.14. The van der Waals surface area contributed by atoms with Crippen molar-refractivity contribution in [2.45, 2.75) is 13.8 Å². The van der Waals surface area contributed by atoms with Crippen LogP contribution in [0.1, 0.15) is 27.0 Å². The second-order valence-electron chi connectivity index (χ2n) is 5.79. The third-order valence-corrected chi connectivity index (χ3v) is 4.20. The predicted molar refractivity (Wildman–Crippen MR) is 90.4 cm³/mol. The van der Waals surface area contributed by atoms with Gasteiger partial charge in [-0.25, -0.2) is 4.99 Å². The Morgan fingerprint density at radius 2 is 1.59 bits per heavy atom. The summed E-state index contributed by atoms with van der Waals surface area (Å²) in [5.74, 6) is 0.0202. The molecule has 0 spiro atoms. The largest absolute Gasteiger partial charge is 0.287 e. The standard InChI is InChI=1S/C20H15NO/c1-12-9-10-17(13(2)11-12)21-19-15-7-3-5-14-6-4-8-16(18(14)15)20(19)22/h3-11H,1-2H3. The number of aliphatic imine (C=N–C) groups is 1. The molecule has 1 aliphatic rings. The molecule has 0 aromatic heterocycles. The van der Waals surface area contributed by atoms with Crippen LogP contribution in [0.15, 0.2) is 59.6 Å². The van der Waals surface area contributed by atoms with Crippen molar-refractivity contribution >= 4 is 28.0 Å². The van der Waals surface area contributed by atoms with E-state index < -0.39 is 0 Å². The molecule has 0 unspecified atom stereocenters. The summed E-state index contributed by atoms with van der Waals surface area (Å²) in [6.45, 7) is 4.08. The van der Waals surface area contributed by atoms with E-state index in [0.29, 0.717) is 5.71 Å². The van der Waals surface area contributed by atoms with E-state index in [-0.39, 0.29) is 5.78 Å². The highest BCUT2D eigenvalue weighted by atomic mass is 16.1. The van der Waals surface area contributed by atoms with Gasteiger partial charge in [0.1, 0.15) is 5.71 Å². The van der Waals surface area contributed by atoms with Gasteiger partial charge in [0, 0.05) is 16.5 Å². The van der Waals surface area contributed by atoms with Crippen LogP contribution in [-0.4, -0.2) is 11.5 Å². The van der Waals surface area contributed by atoms with E-state index in [1.807, 2.05) is 55.5 Å². The smallest absolute Gasteiger partial charge is 0.212 e. The first-order valence-electron chi connectivity index (χ1n) is 7.38. The van der Waals surface area contributed by atoms with Crippen molar-refractivity contribution in [1.82, 2.24) is 0 Å². The predicted octanol–water partition coefficient (Wildman–Crippen LogP) is 4.77. The SMILES string of the molecule is Cc1ccc(N=C2C(=O)c3cccc4cccc2c34)c(C)c1. The average molecular weight is 285 g/mol. The topological polar surface area (TPSA) is 29.4 Å². The van der Waals surface area contributed by atoms with E-state index in [2.05, 4.69) is 18.0 Å². The number of carbonyl (C=O) groups is 1. The van der Waals surface area contributed by atoms with Gasteiger partial charge in [-0.05, 0) is 30.9 Å². The maximum Gasteiger partial charge on any atom is 0.212 e. The van der Waals surface area contributed by atoms with Crippen LogP contribution in [0.2, 0.25) is 0 Å². The molecule has 106 valence electrons. The van der Waals surface area contributed by atoms with E-state index in [1.165, 1.54) is 5.56 Å². The minimum absolute atomic E-state index is 0.0202. The molecule has 0 amide bonds. The molecule has 0 aliphatic heterocycles. The van der Waals surface area contributed by atoms with Gasteiger partial charge in [0.05, 0.1) is 5.69 Å². The van der Waals surface area contributed by atoms with E-state index >= 15 is 0 Å². The van der Waals surface area contributed by atoms with Crippen molar-refractivity contribution < 1.29 is 4.79 Å². The van der Waals surface area contributed by atoms with Gasteiger partial charge in [0.2, 0.25) is 5.78 Å². The summed E-state index contributed by atoms with van der Waals surface area (Å²) in [4.78, 5) is 17.4. The number of hydrogen-bond acceptors (Lipinski definition) is 2. The summed E-state index contributed by atoms with van der Waals surface area (Å²) in [7, 11) is 0. The molecule has 0 saturated carbocycles. The van der Waals surface area contributed by atoms with Crippen LogP contribution in [0, 0.1) is 13.8 Å². The van der Waals surface area contributed by atoms with Crippen LogP contribution in [0.25, 0.3) is 10.8 Å². The first-order chi connectivity index (χ1) is 10.6. The molecule has 0 fully saturated rings. The summed E-state index contributed by atoms with van der Waals surface area (Å²) in [5, 5.41) is 2.12. The molecule has 0 heterocycles. The van der Waals surface area contributed by atoms with Crippen LogP contribution in [0.5, 0.6) is 0 Å². The van der Waals surface area contributed by atoms with Crippen molar-refractivity contribution in [1.29, 1.82) is 0 Å². The van der Waals surface area contributed by atoms with Crippen molar-refractivity contribution in [2.75, 3.05) is 0 Å². The molecule has 4 rings (SSSR count). The van der Waals surface area contributed by atoms with Gasteiger partial charge >= 0.3 is 0 Å². The Morgan fingerprint density at radius 1 is 0.864 bits per heavy atom. The van der Waals surface area contributed by atoms with E-state index in [4.69, 9.17) is 0 Å². The van der Waals surface area contributed by atoms with E-state index in [1.54, 1.807) is 0 Å². The number of Topliss-reactive ketones (excluding diaryl/α,β-unsaturated/α-hetero) is 1. The summed E-state index contributed by atoms with van der Waals surface area (Å²) in [6, 6.07) is 18.0. The Bertz CT molecular complexity index is 961. The maximum absolute atomic E-state index is 12.7. The highest BCUT2D eigenvalue weighted by molar-refractivity contribution is 6.59. The van der Waals surface area contributed by atoms with Gasteiger partial charge in [0.25, 0.3) is 0 Å². The Labute approximate surface area is 129 Å². The zero-order chi connectivity index (χ0) is 15.3. The van der Waals surface area contributed by atoms with E-state index in [0.717, 1.165) is 33.2 Å².